The molecule has 140 valence electrons. The maximum Gasteiger partial charge on any atom is -0.00484 e. The third kappa shape index (κ3) is 21.8. The highest BCUT2D eigenvalue weighted by atomic mass is 14.9. The van der Waals surface area contributed by atoms with Crippen molar-refractivity contribution in [1.82, 2.24) is 21.3 Å². The molecule has 0 amide bonds. The molecule has 0 aliphatic rings. The predicted molar refractivity (Wildman–Crippen MR) is 103 cm³/mol. The summed E-state index contributed by atoms with van der Waals surface area (Å²) in [4.78, 5) is 0. The first kappa shape index (κ1) is 22.8. The average molecular weight is 330 g/mol. The fourth-order valence-corrected chi connectivity index (χ4v) is 2.45. The molecule has 0 radical (unpaired) electrons. The average Bonchev–Trinajstić information content (AvgIpc) is 2.57. The Labute approximate surface area is 144 Å². The van der Waals surface area contributed by atoms with Crippen LogP contribution in [0, 0.1) is 0 Å². The van der Waals surface area contributed by atoms with Gasteiger partial charge >= 0.3 is 0 Å². The third-order valence-electron chi connectivity index (χ3n) is 3.93. The first-order valence-corrected chi connectivity index (χ1v) is 9.94. The highest BCUT2D eigenvalue weighted by Crippen LogP contribution is 1.90. The van der Waals surface area contributed by atoms with E-state index >= 15 is 0 Å². The van der Waals surface area contributed by atoms with Crippen molar-refractivity contribution in [3.8, 4) is 0 Å². The number of nitrogens with two attached hydrogens (primary N) is 1. The van der Waals surface area contributed by atoms with E-state index in [0.29, 0.717) is 0 Å². The molecule has 0 fully saturated rings. The van der Waals surface area contributed by atoms with E-state index in [1.165, 1.54) is 44.9 Å². The van der Waals surface area contributed by atoms with Crippen LogP contribution in [0.25, 0.3) is 0 Å². The van der Waals surface area contributed by atoms with E-state index < -0.39 is 0 Å². The van der Waals surface area contributed by atoms with Gasteiger partial charge in [0, 0.05) is 0 Å². The Balaban J connectivity index is 2.92. The first-order chi connectivity index (χ1) is 11.4. The standard InChI is InChI=1S/C18H43N5/c1-2-20-12-5-6-14-22-16-9-10-18-23-17-8-7-15-21-13-4-3-11-19/h20-23H,2-19H2,1H3. The molecule has 0 saturated carbocycles. The van der Waals surface area contributed by atoms with Crippen molar-refractivity contribution in [2.45, 2.75) is 58.3 Å². The van der Waals surface area contributed by atoms with E-state index in [9.17, 15) is 0 Å². The summed E-state index contributed by atoms with van der Waals surface area (Å²) in [6.45, 7) is 12.1. The monoisotopic (exact) mass is 329 g/mol. The van der Waals surface area contributed by atoms with Gasteiger partial charge in [-0.05, 0) is 110 Å². The van der Waals surface area contributed by atoms with Crippen LogP contribution in [-0.2, 0) is 0 Å². The summed E-state index contributed by atoms with van der Waals surface area (Å²) in [5.74, 6) is 0. The summed E-state index contributed by atoms with van der Waals surface area (Å²) in [6, 6.07) is 0. The number of nitrogens with one attached hydrogen (secondary N) is 4. The Bertz CT molecular complexity index is 182. The summed E-state index contributed by atoms with van der Waals surface area (Å²) >= 11 is 0. The van der Waals surface area contributed by atoms with Crippen LogP contribution >= 0.6 is 0 Å². The summed E-state index contributed by atoms with van der Waals surface area (Å²) in [5, 5.41) is 13.9. The van der Waals surface area contributed by atoms with Crippen LogP contribution in [0.5, 0.6) is 0 Å². The molecule has 0 rings (SSSR count). The van der Waals surface area contributed by atoms with Gasteiger partial charge in [0.25, 0.3) is 0 Å². The number of rotatable bonds is 20. The molecule has 6 N–H and O–H groups in total. The lowest BCUT2D eigenvalue weighted by atomic mass is 10.2. The third-order valence-corrected chi connectivity index (χ3v) is 3.93. The van der Waals surface area contributed by atoms with Crippen LogP contribution in [0.1, 0.15) is 58.3 Å². The van der Waals surface area contributed by atoms with Crippen molar-refractivity contribution < 1.29 is 0 Å². The van der Waals surface area contributed by atoms with Gasteiger partial charge in [0.1, 0.15) is 0 Å². The SMILES string of the molecule is CCNCCCCNCCCCNCCCCNCCCCN. The lowest BCUT2D eigenvalue weighted by Gasteiger charge is -2.07. The Morgan fingerprint density at radius 3 is 1.09 bits per heavy atom. The molecular weight excluding hydrogens is 286 g/mol. The number of hydrogen-bond donors (Lipinski definition) is 5. The molecule has 0 atom stereocenters. The summed E-state index contributed by atoms with van der Waals surface area (Å²) in [5.41, 5.74) is 5.46. The van der Waals surface area contributed by atoms with Crippen LogP contribution in [0.2, 0.25) is 0 Å². The molecule has 0 aliphatic carbocycles. The molecule has 0 aliphatic heterocycles. The molecule has 0 bridgehead atoms. The molecule has 5 nitrogen and oxygen atoms in total. The minimum Gasteiger partial charge on any atom is -0.330 e. The van der Waals surface area contributed by atoms with E-state index in [0.717, 1.165) is 65.3 Å². The van der Waals surface area contributed by atoms with Crippen LogP contribution < -0.4 is 27.0 Å². The quantitative estimate of drug-likeness (QED) is 0.219. The maximum atomic E-state index is 5.46. The number of hydrogen-bond acceptors (Lipinski definition) is 5. The van der Waals surface area contributed by atoms with E-state index in [1.807, 2.05) is 0 Å². The molecule has 23 heavy (non-hydrogen) atoms. The topological polar surface area (TPSA) is 74.1 Å². The predicted octanol–water partition coefficient (Wildman–Crippen LogP) is 1.44. The van der Waals surface area contributed by atoms with Crippen molar-refractivity contribution in [3.05, 3.63) is 0 Å². The van der Waals surface area contributed by atoms with Crippen molar-refractivity contribution in [1.29, 1.82) is 0 Å². The highest BCUT2D eigenvalue weighted by molar-refractivity contribution is 4.55. The van der Waals surface area contributed by atoms with Crippen molar-refractivity contribution in [2.24, 2.45) is 5.73 Å². The van der Waals surface area contributed by atoms with Crippen molar-refractivity contribution >= 4 is 0 Å². The van der Waals surface area contributed by atoms with Gasteiger partial charge in [-0.1, -0.05) is 6.92 Å². The zero-order valence-electron chi connectivity index (χ0n) is 15.6. The summed E-state index contributed by atoms with van der Waals surface area (Å²) < 4.78 is 0. The molecule has 0 aromatic heterocycles. The molecule has 5 heteroatoms. The highest BCUT2D eigenvalue weighted by Gasteiger charge is 1.92. The second-order valence-corrected chi connectivity index (χ2v) is 6.22. The second kappa shape index (κ2) is 21.8. The van der Waals surface area contributed by atoms with Crippen LogP contribution in [0.15, 0.2) is 0 Å². The van der Waals surface area contributed by atoms with Gasteiger partial charge in [0.15, 0.2) is 0 Å². The van der Waals surface area contributed by atoms with Crippen molar-refractivity contribution in [2.75, 3.05) is 58.9 Å². The van der Waals surface area contributed by atoms with E-state index in [2.05, 4.69) is 28.2 Å². The molecule has 0 spiro atoms. The van der Waals surface area contributed by atoms with E-state index in [1.54, 1.807) is 0 Å². The van der Waals surface area contributed by atoms with Gasteiger partial charge < -0.3 is 27.0 Å². The van der Waals surface area contributed by atoms with Crippen molar-refractivity contribution in [3.63, 3.8) is 0 Å². The Morgan fingerprint density at radius 1 is 0.478 bits per heavy atom. The van der Waals surface area contributed by atoms with Gasteiger partial charge in [-0.2, -0.15) is 0 Å². The minimum absolute atomic E-state index is 0.817. The molecule has 0 saturated heterocycles. The van der Waals surface area contributed by atoms with Crippen LogP contribution in [0.3, 0.4) is 0 Å². The first-order valence-electron chi connectivity index (χ1n) is 9.94. The van der Waals surface area contributed by atoms with Gasteiger partial charge in [-0.25, -0.2) is 0 Å². The Morgan fingerprint density at radius 2 is 0.783 bits per heavy atom. The molecule has 0 heterocycles. The smallest absolute Gasteiger partial charge is 0.00484 e. The second-order valence-electron chi connectivity index (χ2n) is 6.22. The lowest BCUT2D eigenvalue weighted by molar-refractivity contribution is 0.540. The maximum absolute atomic E-state index is 5.46. The largest absolute Gasteiger partial charge is 0.330 e. The van der Waals surface area contributed by atoms with Crippen LogP contribution in [0.4, 0.5) is 0 Å². The number of unbranched alkanes of at least 4 members (excludes halogenated alkanes) is 4. The fraction of sp³-hybridized carbons (Fsp3) is 1.00. The minimum atomic E-state index is 0.817. The van der Waals surface area contributed by atoms with E-state index in [4.69, 9.17) is 5.73 Å². The zero-order chi connectivity index (χ0) is 16.8. The Hall–Kier alpha value is -0.200. The van der Waals surface area contributed by atoms with Gasteiger partial charge in [-0.3, -0.25) is 0 Å². The van der Waals surface area contributed by atoms with Gasteiger partial charge in [0.2, 0.25) is 0 Å². The van der Waals surface area contributed by atoms with Gasteiger partial charge in [0.05, 0.1) is 0 Å². The summed E-state index contributed by atoms with van der Waals surface area (Å²) in [7, 11) is 0. The molecule has 0 aromatic rings. The normalized spacial score (nSPS) is 11.2. The fourth-order valence-electron chi connectivity index (χ4n) is 2.45. The van der Waals surface area contributed by atoms with Gasteiger partial charge in [-0.15, -0.1) is 0 Å². The van der Waals surface area contributed by atoms with E-state index in [-0.39, 0.29) is 0 Å². The Kier molecular flexibility index (Phi) is 21.6. The molecule has 0 unspecified atom stereocenters. The molecular formula is C18H43N5. The van der Waals surface area contributed by atoms with Crippen LogP contribution in [-0.4, -0.2) is 58.9 Å². The molecule has 0 aromatic carbocycles. The lowest BCUT2D eigenvalue weighted by Crippen LogP contribution is -2.22. The zero-order valence-corrected chi connectivity index (χ0v) is 15.6. The summed E-state index contributed by atoms with van der Waals surface area (Å²) in [6.07, 6.45) is 10.0.